The molecule has 7 heteroatoms. The molecule has 2 aliphatic rings. The van der Waals surface area contributed by atoms with Crippen LogP contribution in [-0.4, -0.2) is 31.4 Å². The van der Waals surface area contributed by atoms with Crippen LogP contribution in [0.4, 0.5) is 4.79 Å². The monoisotopic (exact) mass is 484 g/mol. The van der Waals surface area contributed by atoms with Crippen molar-refractivity contribution in [3.63, 3.8) is 0 Å². The van der Waals surface area contributed by atoms with Crippen LogP contribution in [0, 0.1) is 0 Å². The van der Waals surface area contributed by atoms with E-state index in [1.165, 1.54) is 16.7 Å². The summed E-state index contributed by atoms with van der Waals surface area (Å²) in [5, 5.41) is 2.87. The standard InChI is InChI=1S/C27H36N2O4S/c1-27(2,3)33-26(30)29-25-15-14-21-13-12-20(18-28-34(31,32)22-10-7-11-22)17-23(21)24(25)16-19-8-5-4-6-9-19/h4-6,8-9,12-13,17,22,24-25,28H,7,10-11,14-16,18H2,1-3H3,(H,29,30). The Kier molecular flexibility index (Phi) is 7.33. The van der Waals surface area contributed by atoms with Crippen LogP contribution >= 0.6 is 0 Å². The average molecular weight is 485 g/mol. The largest absolute Gasteiger partial charge is 0.444 e. The number of nitrogens with one attached hydrogen (secondary N) is 2. The number of rotatable bonds is 7. The van der Waals surface area contributed by atoms with Gasteiger partial charge in [-0.3, -0.25) is 0 Å². The molecule has 0 spiro atoms. The zero-order valence-corrected chi connectivity index (χ0v) is 21.2. The predicted molar refractivity (Wildman–Crippen MR) is 134 cm³/mol. The summed E-state index contributed by atoms with van der Waals surface area (Å²) in [6.07, 6.45) is 4.55. The number of aryl methyl sites for hydroxylation is 1. The molecule has 0 heterocycles. The lowest BCUT2D eigenvalue weighted by Crippen LogP contribution is -2.44. The van der Waals surface area contributed by atoms with Crippen molar-refractivity contribution in [3.05, 3.63) is 70.8 Å². The zero-order chi connectivity index (χ0) is 24.3. The number of fused-ring (bicyclic) bond motifs is 1. The van der Waals surface area contributed by atoms with Gasteiger partial charge in [-0.25, -0.2) is 17.9 Å². The van der Waals surface area contributed by atoms with Gasteiger partial charge in [-0.1, -0.05) is 55.0 Å². The second-order valence-corrected chi connectivity index (χ2v) is 12.6. The highest BCUT2D eigenvalue weighted by atomic mass is 32.2. The Balaban J connectivity index is 1.56. The van der Waals surface area contributed by atoms with Crippen LogP contribution in [0.15, 0.2) is 48.5 Å². The van der Waals surface area contributed by atoms with Gasteiger partial charge in [0.2, 0.25) is 10.0 Å². The number of carbonyl (C=O) groups excluding carboxylic acids is 1. The van der Waals surface area contributed by atoms with E-state index in [2.05, 4.69) is 34.3 Å². The predicted octanol–water partition coefficient (Wildman–Crippen LogP) is 4.82. The van der Waals surface area contributed by atoms with Gasteiger partial charge in [0.1, 0.15) is 5.60 Å². The summed E-state index contributed by atoms with van der Waals surface area (Å²) >= 11 is 0. The number of benzene rings is 2. The Labute approximate surface area is 203 Å². The first-order chi connectivity index (χ1) is 16.1. The molecule has 2 N–H and O–H groups in total. The lowest BCUT2D eigenvalue weighted by Gasteiger charge is -2.35. The molecule has 2 atom stereocenters. The highest BCUT2D eigenvalue weighted by molar-refractivity contribution is 7.90. The first-order valence-corrected chi connectivity index (χ1v) is 13.8. The third-order valence-corrected chi connectivity index (χ3v) is 8.68. The highest BCUT2D eigenvalue weighted by Crippen LogP contribution is 2.36. The summed E-state index contributed by atoms with van der Waals surface area (Å²) in [6.45, 7) is 5.87. The lowest BCUT2D eigenvalue weighted by molar-refractivity contribution is 0.0491. The van der Waals surface area contributed by atoms with E-state index in [0.717, 1.165) is 44.1 Å². The van der Waals surface area contributed by atoms with Gasteiger partial charge in [-0.15, -0.1) is 0 Å². The van der Waals surface area contributed by atoms with Gasteiger partial charge in [-0.05, 0) is 75.1 Å². The normalized spacial score (nSPS) is 20.8. The van der Waals surface area contributed by atoms with E-state index in [-0.39, 0.29) is 23.8 Å². The first kappa shape index (κ1) is 24.7. The van der Waals surface area contributed by atoms with Crippen LogP contribution in [-0.2, 0) is 34.1 Å². The molecule has 0 aromatic heterocycles. The summed E-state index contributed by atoms with van der Waals surface area (Å²) in [5.74, 6) is 0.0712. The number of ether oxygens (including phenoxy) is 1. The molecule has 2 unspecified atom stereocenters. The molecule has 6 nitrogen and oxygen atoms in total. The van der Waals surface area contributed by atoms with Crippen molar-refractivity contribution in [2.24, 2.45) is 0 Å². The fourth-order valence-electron chi connectivity index (χ4n) is 4.79. The van der Waals surface area contributed by atoms with E-state index in [4.69, 9.17) is 4.74 Å². The van der Waals surface area contributed by atoms with Crippen LogP contribution in [0.25, 0.3) is 0 Å². The smallest absolute Gasteiger partial charge is 0.407 e. The van der Waals surface area contributed by atoms with Crippen molar-refractivity contribution in [1.82, 2.24) is 10.0 Å². The maximum Gasteiger partial charge on any atom is 0.407 e. The first-order valence-electron chi connectivity index (χ1n) is 12.2. The molecule has 34 heavy (non-hydrogen) atoms. The van der Waals surface area contributed by atoms with E-state index in [1.54, 1.807) is 0 Å². The third-order valence-electron chi connectivity index (χ3n) is 6.79. The molecule has 2 aliphatic carbocycles. The number of amides is 1. The number of hydrogen-bond donors (Lipinski definition) is 2. The van der Waals surface area contributed by atoms with Crippen molar-refractivity contribution in [2.75, 3.05) is 0 Å². The Morgan fingerprint density at radius 1 is 1.03 bits per heavy atom. The van der Waals surface area contributed by atoms with Gasteiger partial charge in [0, 0.05) is 18.5 Å². The van der Waals surface area contributed by atoms with Gasteiger partial charge in [0.05, 0.1) is 5.25 Å². The summed E-state index contributed by atoms with van der Waals surface area (Å²) in [4.78, 5) is 12.6. The molecule has 4 rings (SSSR count). The summed E-state index contributed by atoms with van der Waals surface area (Å²) in [7, 11) is -3.27. The van der Waals surface area contributed by atoms with Crippen molar-refractivity contribution >= 4 is 16.1 Å². The van der Waals surface area contributed by atoms with E-state index >= 15 is 0 Å². The van der Waals surface area contributed by atoms with Crippen LogP contribution in [0.3, 0.4) is 0 Å². The van der Waals surface area contributed by atoms with Gasteiger partial charge in [-0.2, -0.15) is 0 Å². The second-order valence-electron chi connectivity index (χ2n) is 10.5. The van der Waals surface area contributed by atoms with E-state index < -0.39 is 21.7 Å². The second kappa shape index (κ2) is 10.1. The quantitative estimate of drug-likeness (QED) is 0.590. The number of hydrogen-bond acceptors (Lipinski definition) is 4. The van der Waals surface area contributed by atoms with Crippen molar-refractivity contribution in [3.8, 4) is 0 Å². The van der Waals surface area contributed by atoms with E-state index in [0.29, 0.717) is 0 Å². The van der Waals surface area contributed by atoms with Gasteiger partial charge >= 0.3 is 6.09 Å². The average Bonchev–Trinajstić information content (AvgIpc) is 2.72. The Morgan fingerprint density at radius 2 is 1.76 bits per heavy atom. The van der Waals surface area contributed by atoms with Gasteiger partial charge in [0.25, 0.3) is 0 Å². The van der Waals surface area contributed by atoms with Crippen molar-refractivity contribution in [1.29, 1.82) is 0 Å². The van der Waals surface area contributed by atoms with E-state index in [1.807, 2.05) is 45.0 Å². The molecule has 0 bridgehead atoms. The van der Waals surface area contributed by atoms with Crippen LogP contribution in [0.1, 0.15) is 74.6 Å². The minimum atomic E-state index is -3.27. The van der Waals surface area contributed by atoms with Crippen LogP contribution in [0.2, 0.25) is 0 Å². The zero-order valence-electron chi connectivity index (χ0n) is 20.3. The van der Waals surface area contributed by atoms with Crippen LogP contribution < -0.4 is 10.0 Å². The fourth-order valence-corrected chi connectivity index (χ4v) is 6.35. The van der Waals surface area contributed by atoms with Crippen molar-refractivity contribution < 1.29 is 17.9 Å². The molecule has 1 saturated carbocycles. The maximum atomic E-state index is 12.6. The Morgan fingerprint density at radius 3 is 2.41 bits per heavy atom. The summed E-state index contributed by atoms with van der Waals surface area (Å²) in [5.41, 5.74) is 4.02. The maximum absolute atomic E-state index is 12.6. The van der Waals surface area contributed by atoms with Crippen molar-refractivity contribution in [2.45, 2.75) is 88.7 Å². The summed E-state index contributed by atoms with van der Waals surface area (Å²) in [6, 6.07) is 16.5. The Hall–Kier alpha value is -2.38. The summed E-state index contributed by atoms with van der Waals surface area (Å²) < 4.78 is 33.3. The molecule has 2 aromatic carbocycles. The fraction of sp³-hybridized carbons (Fsp3) is 0.519. The number of carbonyl (C=O) groups is 1. The molecule has 1 fully saturated rings. The SMILES string of the molecule is CC(C)(C)OC(=O)NC1CCc2ccc(CNS(=O)(=O)C3CCC3)cc2C1Cc1ccccc1. The van der Waals surface area contributed by atoms with E-state index in [9.17, 15) is 13.2 Å². The molecular weight excluding hydrogens is 448 g/mol. The molecule has 0 aliphatic heterocycles. The van der Waals surface area contributed by atoms with Crippen LogP contribution in [0.5, 0.6) is 0 Å². The molecular formula is C27H36N2O4S. The molecule has 184 valence electrons. The topological polar surface area (TPSA) is 84.5 Å². The van der Waals surface area contributed by atoms with Gasteiger partial charge in [0.15, 0.2) is 0 Å². The third kappa shape index (κ3) is 6.19. The van der Waals surface area contributed by atoms with Gasteiger partial charge < -0.3 is 10.1 Å². The molecule has 0 saturated heterocycles. The molecule has 2 aromatic rings. The Bertz CT molecular complexity index is 1110. The highest BCUT2D eigenvalue weighted by Gasteiger charge is 2.33. The number of sulfonamides is 1. The minimum absolute atomic E-state index is 0.0653. The number of alkyl carbamates (subject to hydrolysis) is 1. The minimum Gasteiger partial charge on any atom is -0.444 e. The molecule has 0 radical (unpaired) electrons. The lowest BCUT2D eigenvalue weighted by atomic mass is 9.75. The molecule has 1 amide bonds.